The zero-order valence-electron chi connectivity index (χ0n) is 17.7. The molecule has 0 bridgehead atoms. The third kappa shape index (κ3) is 4.61. The fourth-order valence-corrected chi connectivity index (χ4v) is 4.82. The van der Waals surface area contributed by atoms with Gasteiger partial charge >= 0.3 is 0 Å². The maximum Gasteiger partial charge on any atom is 0.292 e. The molecule has 3 heterocycles. The molecule has 4 rings (SSSR count). The van der Waals surface area contributed by atoms with Crippen LogP contribution in [-0.2, 0) is 9.53 Å². The summed E-state index contributed by atoms with van der Waals surface area (Å²) >= 11 is 1.65. The number of carbonyl (C=O) groups excluding carboxylic acids is 2. The van der Waals surface area contributed by atoms with E-state index < -0.39 is 11.7 Å². The molecule has 162 valence electrons. The second-order valence-electron chi connectivity index (χ2n) is 7.51. The monoisotopic (exact) mass is 438 g/mol. The van der Waals surface area contributed by atoms with Gasteiger partial charge < -0.3 is 10.1 Å². The second-order valence-corrected chi connectivity index (χ2v) is 8.49. The first-order valence-corrected chi connectivity index (χ1v) is 11.2. The number of rotatable bonds is 7. The predicted octanol–water partition coefficient (Wildman–Crippen LogP) is 2.92. The zero-order chi connectivity index (χ0) is 21.8. The number of para-hydroxylation sites is 1. The van der Waals surface area contributed by atoms with Crippen LogP contribution in [0.1, 0.15) is 32.7 Å². The van der Waals surface area contributed by atoms with Crippen molar-refractivity contribution in [3.63, 3.8) is 0 Å². The van der Waals surface area contributed by atoms with Crippen LogP contribution in [0.5, 0.6) is 0 Å². The highest BCUT2D eigenvalue weighted by molar-refractivity contribution is 7.10. The molecule has 31 heavy (non-hydrogen) atoms. The molecule has 2 aromatic heterocycles. The van der Waals surface area contributed by atoms with Crippen molar-refractivity contribution in [3.8, 4) is 5.69 Å². The number of hydrogen-bond donors (Lipinski definition) is 1. The number of Topliss-reactive ketones (excluding diaryl/α,β-unsaturated/α-hetero) is 1. The zero-order valence-corrected chi connectivity index (χ0v) is 18.5. The van der Waals surface area contributed by atoms with Crippen molar-refractivity contribution in [1.82, 2.24) is 20.0 Å². The molecule has 1 aliphatic rings. The summed E-state index contributed by atoms with van der Waals surface area (Å²) in [6.07, 6.45) is 0. The highest BCUT2D eigenvalue weighted by Gasteiger charge is 2.28. The normalized spacial score (nSPS) is 15.5. The van der Waals surface area contributed by atoms with Gasteiger partial charge in [0, 0.05) is 24.5 Å². The van der Waals surface area contributed by atoms with Gasteiger partial charge in [0.1, 0.15) is 0 Å². The number of ketones is 1. The van der Waals surface area contributed by atoms with Gasteiger partial charge in [-0.3, -0.25) is 14.5 Å². The van der Waals surface area contributed by atoms with Crippen molar-refractivity contribution < 1.29 is 14.3 Å². The molecule has 1 N–H and O–H groups in total. The van der Waals surface area contributed by atoms with Gasteiger partial charge in [0.15, 0.2) is 0 Å². The molecule has 7 nitrogen and oxygen atoms in total. The Balaban J connectivity index is 1.49. The third-order valence-corrected chi connectivity index (χ3v) is 6.51. The number of nitrogens with zero attached hydrogens (tertiary/aromatic N) is 3. The lowest BCUT2D eigenvalue weighted by Gasteiger charge is -2.34. The fourth-order valence-electron chi connectivity index (χ4n) is 3.95. The predicted molar refractivity (Wildman–Crippen MR) is 120 cm³/mol. The Bertz CT molecular complexity index is 1040. The molecular weight excluding hydrogens is 412 g/mol. The number of aryl methyl sites for hydroxylation is 1. The van der Waals surface area contributed by atoms with Crippen LogP contribution in [-0.4, -0.2) is 59.2 Å². The molecule has 0 unspecified atom stereocenters. The van der Waals surface area contributed by atoms with E-state index >= 15 is 0 Å². The van der Waals surface area contributed by atoms with Crippen LogP contribution in [0.4, 0.5) is 0 Å². The number of nitrogens with one attached hydrogen (secondary N) is 1. The first-order chi connectivity index (χ1) is 15.1. The number of amides is 1. The lowest BCUT2D eigenvalue weighted by Crippen LogP contribution is -2.44. The summed E-state index contributed by atoms with van der Waals surface area (Å²) in [6.45, 7) is 6.89. The largest absolute Gasteiger partial charge is 0.379 e. The Labute approximate surface area is 185 Å². The van der Waals surface area contributed by atoms with Gasteiger partial charge in [0.25, 0.3) is 11.7 Å². The molecule has 0 spiro atoms. The van der Waals surface area contributed by atoms with Crippen LogP contribution >= 0.6 is 11.3 Å². The van der Waals surface area contributed by atoms with Gasteiger partial charge in [-0.1, -0.05) is 24.3 Å². The van der Waals surface area contributed by atoms with Gasteiger partial charge in [-0.05, 0) is 37.4 Å². The summed E-state index contributed by atoms with van der Waals surface area (Å²) in [6, 6.07) is 13.7. The average Bonchev–Trinajstić information content (AvgIpc) is 3.43. The van der Waals surface area contributed by atoms with E-state index in [9.17, 15) is 9.59 Å². The minimum atomic E-state index is -0.603. The molecule has 0 saturated carbocycles. The SMILES string of the molecule is Cc1nn(-c2ccccc2)c(C)c1C(=O)C(=O)NC[C@@H](c1cccs1)N1CCOCC1. The van der Waals surface area contributed by atoms with Crippen molar-refractivity contribution in [2.24, 2.45) is 0 Å². The van der Waals surface area contributed by atoms with Gasteiger partial charge in [-0.15, -0.1) is 11.3 Å². The van der Waals surface area contributed by atoms with E-state index in [2.05, 4.69) is 21.4 Å². The summed E-state index contributed by atoms with van der Waals surface area (Å²) in [5.41, 5.74) is 2.42. The lowest BCUT2D eigenvalue weighted by molar-refractivity contribution is -0.117. The number of hydrogen-bond acceptors (Lipinski definition) is 6. The van der Waals surface area contributed by atoms with E-state index in [1.165, 1.54) is 4.88 Å². The Morgan fingerprint density at radius 3 is 2.55 bits per heavy atom. The van der Waals surface area contributed by atoms with E-state index in [0.717, 1.165) is 18.8 Å². The summed E-state index contributed by atoms with van der Waals surface area (Å²) in [7, 11) is 0. The molecule has 0 aliphatic carbocycles. The number of thiophene rings is 1. The van der Waals surface area contributed by atoms with Crippen LogP contribution in [0.15, 0.2) is 47.8 Å². The van der Waals surface area contributed by atoms with Crippen molar-refractivity contribution in [2.45, 2.75) is 19.9 Å². The maximum atomic E-state index is 13.0. The molecule has 1 saturated heterocycles. The average molecular weight is 439 g/mol. The van der Waals surface area contributed by atoms with Crippen LogP contribution in [0.25, 0.3) is 5.69 Å². The van der Waals surface area contributed by atoms with Gasteiger partial charge in [-0.2, -0.15) is 5.10 Å². The number of carbonyl (C=O) groups is 2. The van der Waals surface area contributed by atoms with Crippen molar-refractivity contribution in [1.29, 1.82) is 0 Å². The van der Waals surface area contributed by atoms with Crippen molar-refractivity contribution in [2.75, 3.05) is 32.8 Å². The Morgan fingerprint density at radius 1 is 1.13 bits per heavy atom. The third-order valence-electron chi connectivity index (χ3n) is 5.54. The standard InChI is InChI=1S/C23H26N4O3S/c1-16-21(17(2)27(25-16)18-7-4-3-5-8-18)22(28)23(29)24-15-19(20-9-6-14-31-20)26-10-12-30-13-11-26/h3-9,14,19H,10-13,15H2,1-2H3,(H,24,29)/t19-/m0/s1. The Kier molecular flexibility index (Phi) is 6.60. The number of benzene rings is 1. The van der Waals surface area contributed by atoms with Gasteiger partial charge in [0.05, 0.1) is 41.9 Å². The molecule has 1 aromatic carbocycles. The number of morpholine rings is 1. The summed E-state index contributed by atoms with van der Waals surface area (Å²) in [4.78, 5) is 29.3. The molecule has 3 aromatic rings. The quantitative estimate of drug-likeness (QED) is 0.453. The van der Waals surface area contributed by atoms with Crippen molar-refractivity contribution in [3.05, 3.63) is 69.7 Å². The second kappa shape index (κ2) is 9.55. The summed E-state index contributed by atoms with van der Waals surface area (Å²) in [5.74, 6) is -1.15. The van der Waals surface area contributed by atoms with E-state index in [1.807, 2.05) is 48.7 Å². The Morgan fingerprint density at radius 2 is 1.87 bits per heavy atom. The first kappa shape index (κ1) is 21.4. The smallest absolute Gasteiger partial charge is 0.292 e. The van der Waals surface area contributed by atoms with Crippen LogP contribution in [0.3, 0.4) is 0 Å². The Hall–Kier alpha value is -2.81. The minimum Gasteiger partial charge on any atom is -0.379 e. The maximum absolute atomic E-state index is 13.0. The van der Waals surface area contributed by atoms with Gasteiger partial charge in [0.2, 0.25) is 0 Å². The molecular formula is C23H26N4O3S. The minimum absolute atomic E-state index is 0.0230. The van der Waals surface area contributed by atoms with Crippen LogP contribution < -0.4 is 5.32 Å². The number of ether oxygens (including phenoxy) is 1. The fraction of sp³-hybridized carbons (Fsp3) is 0.348. The van der Waals surface area contributed by atoms with E-state index in [1.54, 1.807) is 22.9 Å². The molecule has 1 amide bonds. The molecule has 8 heteroatoms. The highest BCUT2D eigenvalue weighted by atomic mass is 32.1. The summed E-state index contributed by atoms with van der Waals surface area (Å²) < 4.78 is 7.17. The van der Waals surface area contributed by atoms with Crippen LogP contribution in [0.2, 0.25) is 0 Å². The summed E-state index contributed by atoms with van der Waals surface area (Å²) in [5, 5.41) is 9.39. The topological polar surface area (TPSA) is 76.5 Å². The first-order valence-electron chi connectivity index (χ1n) is 10.4. The lowest BCUT2D eigenvalue weighted by atomic mass is 10.1. The highest BCUT2D eigenvalue weighted by Crippen LogP contribution is 2.25. The molecule has 1 fully saturated rings. The van der Waals surface area contributed by atoms with Crippen LogP contribution in [0, 0.1) is 13.8 Å². The van der Waals surface area contributed by atoms with Gasteiger partial charge in [-0.25, -0.2) is 4.68 Å². The molecule has 0 radical (unpaired) electrons. The van der Waals surface area contributed by atoms with E-state index in [-0.39, 0.29) is 6.04 Å². The van der Waals surface area contributed by atoms with E-state index in [4.69, 9.17) is 4.74 Å². The molecule has 1 aliphatic heterocycles. The van der Waals surface area contributed by atoms with E-state index in [0.29, 0.717) is 36.7 Å². The van der Waals surface area contributed by atoms with Crippen molar-refractivity contribution >= 4 is 23.0 Å². The molecule has 1 atom stereocenters. The number of aromatic nitrogens is 2.